The summed E-state index contributed by atoms with van der Waals surface area (Å²) in [7, 11) is 0. The van der Waals surface area contributed by atoms with E-state index in [-0.39, 0.29) is 0 Å². The van der Waals surface area contributed by atoms with E-state index >= 15 is 0 Å². The predicted molar refractivity (Wildman–Crippen MR) is 62.2 cm³/mol. The quantitative estimate of drug-likeness (QED) is 0.734. The molecule has 15 heavy (non-hydrogen) atoms. The minimum atomic E-state index is 0.564. The molecular weight excluding hydrogens is 208 g/mol. The second-order valence-corrected chi connectivity index (χ2v) is 5.15. The number of hydrogen-bond acceptors (Lipinski definition) is 2. The molecule has 2 rings (SSSR count). The largest absolute Gasteiger partial charge is 0.238 e. The van der Waals surface area contributed by atoms with E-state index in [1.54, 1.807) is 0 Å². The average molecular weight is 225 g/mol. The van der Waals surface area contributed by atoms with Crippen molar-refractivity contribution in [2.45, 2.75) is 45.4 Å². The third kappa shape index (κ3) is 2.69. The minimum Gasteiger partial charge on any atom is -0.238 e. The van der Waals surface area contributed by atoms with Gasteiger partial charge < -0.3 is 0 Å². The van der Waals surface area contributed by atoms with Gasteiger partial charge in [-0.15, -0.1) is 0 Å². The van der Waals surface area contributed by atoms with E-state index in [0.717, 1.165) is 17.9 Å². The smallest absolute Gasteiger partial charge is 0.133 e. The Labute approximate surface area is 96.1 Å². The Morgan fingerprint density at radius 2 is 2.13 bits per heavy atom. The molecule has 1 aromatic rings. The van der Waals surface area contributed by atoms with Crippen molar-refractivity contribution in [2.75, 3.05) is 0 Å². The normalized spacial score (nSPS) is 16.8. The Kier molecular flexibility index (Phi) is 3.25. The van der Waals surface area contributed by atoms with E-state index in [1.807, 2.05) is 6.07 Å². The van der Waals surface area contributed by atoms with E-state index in [2.05, 4.69) is 23.8 Å². The molecule has 1 aliphatic rings. The fraction of sp³-hybridized carbons (Fsp3) is 0.667. The fourth-order valence-electron chi connectivity index (χ4n) is 1.86. The van der Waals surface area contributed by atoms with Crippen molar-refractivity contribution in [3.05, 3.63) is 22.7 Å². The number of halogens is 1. The van der Waals surface area contributed by atoms with Gasteiger partial charge in [-0.2, -0.15) is 0 Å². The van der Waals surface area contributed by atoms with Crippen molar-refractivity contribution in [2.24, 2.45) is 5.92 Å². The van der Waals surface area contributed by atoms with Crippen LogP contribution >= 0.6 is 11.6 Å². The fourth-order valence-corrected chi connectivity index (χ4v) is 2.07. The molecule has 2 nitrogen and oxygen atoms in total. The Balaban J connectivity index is 2.19. The molecule has 1 aliphatic carbocycles. The lowest BCUT2D eigenvalue weighted by atomic mass is 9.85. The van der Waals surface area contributed by atoms with E-state index < -0.39 is 0 Å². The van der Waals surface area contributed by atoms with Crippen LogP contribution in [0.4, 0.5) is 0 Å². The van der Waals surface area contributed by atoms with Crippen LogP contribution in [0.25, 0.3) is 0 Å². The molecular formula is C12H17ClN2. The molecule has 1 saturated carbocycles. The van der Waals surface area contributed by atoms with E-state index in [1.165, 1.54) is 19.3 Å². The summed E-state index contributed by atoms with van der Waals surface area (Å²) in [5.41, 5.74) is 1.09. The highest BCUT2D eigenvalue weighted by Crippen LogP contribution is 2.34. The molecule has 1 heterocycles. The molecule has 0 amide bonds. The Hall–Kier alpha value is -0.630. The molecule has 0 bridgehead atoms. The van der Waals surface area contributed by atoms with Crippen LogP contribution < -0.4 is 0 Å². The molecule has 0 spiro atoms. The molecule has 1 fully saturated rings. The van der Waals surface area contributed by atoms with Crippen molar-refractivity contribution < 1.29 is 0 Å². The van der Waals surface area contributed by atoms with Gasteiger partial charge in [0.25, 0.3) is 0 Å². The number of hydrogen-bond donors (Lipinski definition) is 0. The maximum absolute atomic E-state index is 6.01. The van der Waals surface area contributed by atoms with Crippen LogP contribution in [0.2, 0.25) is 5.15 Å². The molecule has 0 N–H and O–H groups in total. The zero-order chi connectivity index (χ0) is 10.8. The van der Waals surface area contributed by atoms with E-state index in [9.17, 15) is 0 Å². The first-order valence-electron chi connectivity index (χ1n) is 5.68. The third-order valence-corrected chi connectivity index (χ3v) is 3.05. The second-order valence-electron chi connectivity index (χ2n) is 4.77. The van der Waals surface area contributed by atoms with Crippen LogP contribution in [-0.4, -0.2) is 9.97 Å². The minimum absolute atomic E-state index is 0.564. The average Bonchev–Trinajstić information content (AvgIpc) is 1.96. The summed E-state index contributed by atoms with van der Waals surface area (Å²) in [5, 5.41) is 0.600. The lowest BCUT2D eigenvalue weighted by Crippen LogP contribution is -2.14. The highest BCUT2D eigenvalue weighted by atomic mass is 35.5. The summed E-state index contributed by atoms with van der Waals surface area (Å²) >= 11 is 6.01. The first-order valence-corrected chi connectivity index (χ1v) is 6.06. The molecule has 0 aliphatic heterocycles. The monoisotopic (exact) mass is 224 g/mol. The van der Waals surface area contributed by atoms with Gasteiger partial charge >= 0.3 is 0 Å². The van der Waals surface area contributed by atoms with Crippen molar-refractivity contribution in [3.8, 4) is 0 Å². The van der Waals surface area contributed by atoms with Gasteiger partial charge in [-0.05, 0) is 31.2 Å². The van der Waals surface area contributed by atoms with Gasteiger partial charge in [-0.3, -0.25) is 0 Å². The van der Waals surface area contributed by atoms with Crippen molar-refractivity contribution in [3.63, 3.8) is 0 Å². The zero-order valence-corrected chi connectivity index (χ0v) is 10.1. The molecule has 82 valence electrons. The van der Waals surface area contributed by atoms with Crippen molar-refractivity contribution in [1.29, 1.82) is 0 Å². The first-order chi connectivity index (χ1) is 7.15. The van der Waals surface area contributed by atoms with Crippen LogP contribution in [0, 0.1) is 5.92 Å². The molecule has 0 saturated heterocycles. The standard InChI is InChI=1S/C12H17ClN2/c1-8(2)6-10-7-11(13)15-12(14-10)9-4-3-5-9/h7-9H,3-6H2,1-2H3. The molecule has 3 heteroatoms. The maximum atomic E-state index is 6.01. The maximum Gasteiger partial charge on any atom is 0.133 e. The summed E-state index contributed by atoms with van der Waals surface area (Å²) in [4.78, 5) is 8.92. The van der Waals surface area contributed by atoms with Gasteiger partial charge in [0.15, 0.2) is 0 Å². The Morgan fingerprint density at radius 3 is 2.67 bits per heavy atom. The highest BCUT2D eigenvalue weighted by Gasteiger charge is 2.23. The van der Waals surface area contributed by atoms with Gasteiger partial charge in [-0.25, -0.2) is 9.97 Å². The zero-order valence-electron chi connectivity index (χ0n) is 9.33. The first kappa shape index (κ1) is 10.9. The van der Waals surface area contributed by atoms with Crippen molar-refractivity contribution in [1.82, 2.24) is 9.97 Å². The van der Waals surface area contributed by atoms with Gasteiger partial charge in [0.1, 0.15) is 11.0 Å². The van der Waals surface area contributed by atoms with Crippen LogP contribution in [-0.2, 0) is 6.42 Å². The number of rotatable bonds is 3. The van der Waals surface area contributed by atoms with Crippen LogP contribution in [0.1, 0.15) is 50.5 Å². The van der Waals surface area contributed by atoms with Gasteiger partial charge in [-0.1, -0.05) is 31.9 Å². The predicted octanol–water partition coefficient (Wildman–Crippen LogP) is 3.60. The molecule has 0 aromatic carbocycles. The van der Waals surface area contributed by atoms with Crippen LogP contribution in [0.3, 0.4) is 0 Å². The lowest BCUT2D eigenvalue weighted by Gasteiger charge is -2.24. The molecule has 0 atom stereocenters. The summed E-state index contributed by atoms with van der Waals surface area (Å²) in [6.07, 6.45) is 4.74. The Bertz CT molecular complexity index is 345. The van der Waals surface area contributed by atoms with E-state index in [4.69, 9.17) is 11.6 Å². The SMILES string of the molecule is CC(C)Cc1cc(Cl)nc(C2CCC2)n1. The summed E-state index contributed by atoms with van der Waals surface area (Å²) < 4.78 is 0. The lowest BCUT2D eigenvalue weighted by molar-refractivity contribution is 0.399. The topological polar surface area (TPSA) is 25.8 Å². The molecule has 0 unspecified atom stereocenters. The summed E-state index contributed by atoms with van der Waals surface area (Å²) in [6, 6.07) is 1.89. The van der Waals surface area contributed by atoms with Gasteiger partial charge in [0.2, 0.25) is 0 Å². The second kappa shape index (κ2) is 4.48. The summed E-state index contributed by atoms with van der Waals surface area (Å²) in [6.45, 7) is 4.39. The highest BCUT2D eigenvalue weighted by molar-refractivity contribution is 6.29. The van der Waals surface area contributed by atoms with Crippen LogP contribution in [0.5, 0.6) is 0 Å². The van der Waals surface area contributed by atoms with Crippen LogP contribution in [0.15, 0.2) is 6.07 Å². The Morgan fingerprint density at radius 1 is 1.40 bits per heavy atom. The molecule has 0 radical (unpaired) electrons. The number of nitrogens with zero attached hydrogens (tertiary/aromatic N) is 2. The third-order valence-electron chi connectivity index (χ3n) is 2.85. The summed E-state index contributed by atoms with van der Waals surface area (Å²) in [5.74, 6) is 2.14. The van der Waals surface area contributed by atoms with E-state index in [0.29, 0.717) is 17.0 Å². The number of aromatic nitrogens is 2. The van der Waals surface area contributed by atoms with Crippen molar-refractivity contribution >= 4 is 11.6 Å². The van der Waals surface area contributed by atoms with Gasteiger partial charge in [0.05, 0.1) is 0 Å². The van der Waals surface area contributed by atoms with Gasteiger partial charge in [0, 0.05) is 11.6 Å². The molecule has 1 aromatic heterocycles.